The van der Waals surface area contributed by atoms with Crippen LogP contribution in [-0.2, 0) is 0 Å². The first kappa shape index (κ1) is 8.89. The average molecular weight is 210 g/mol. The highest BCUT2D eigenvalue weighted by Gasteiger charge is 2.08. The Hall–Kier alpha value is -1.69. The van der Waals surface area contributed by atoms with Gasteiger partial charge in [0.05, 0.1) is 24.7 Å². The van der Waals surface area contributed by atoms with E-state index in [1.165, 1.54) is 17.5 Å². The number of aromatic nitrogens is 2. The van der Waals surface area contributed by atoms with Crippen molar-refractivity contribution in [2.75, 3.05) is 18.6 Å². The number of nitrogen functional groups attached to an aromatic ring is 2. The standard InChI is InChI=1S/C8H10N4OS/c1-13-7-2-5(4-14-7)12-8(10)6(9)3-11-12/h2-4H,9-10H2,1H3. The Morgan fingerprint density at radius 2 is 2.29 bits per heavy atom. The van der Waals surface area contributed by atoms with Crippen molar-refractivity contribution in [3.63, 3.8) is 0 Å². The van der Waals surface area contributed by atoms with Crippen molar-refractivity contribution < 1.29 is 4.74 Å². The van der Waals surface area contributed by atoms with Crippen molar-refractivity contribution in [3.8, 4) is 10.8 Å². The highest BCUT2D eigenvalue weighted by molar-refractivity contribution is 7.12. The molecule has 0 spiro atoms. The van der Waals surface area contributed by atoms with E-state index < -0.39 is 0 Å². The predicted octanol–water partition coefficient (Wildman–Crippen LogP) is 1.11. The molecule has 0 saturated heterocycles. The summed E-state index contributed by atoms with van der Waals surface area (Å²) in [5.74, 6) is 0.449. The molecule has 0 fully saturated rings. The zero-order valence-electron chi connectivity index (χ0n) is 7.60. The number of rotatable bonds is 2. The Morgan fingerprint density at radius 1 is 1.50 bits per heavy atom. The minimum Gasteiger partial charge on any atom is -0.487 e. The second-order valence-electron chi connectivity index (χ2n) is 2.73. The summed E-state index contributed by atoms with van der Waals surface area (Å²) in [6.07, 6.45) is 1.53. The third-order valence-corrected chi connectivity index (χ3v) is 2.72. The van der Waals surface area contributed by atoms with Crippen LogP contribution in [0.25, 0.3) is 5.69 Å². The van der Waals surface area contributed by atoms with Gasteiger partial charge in [0.2, 0.25) is 0 Å². The van der Waals surface area contributed by atoms with Gasteiger partial charge in [-0.3, -0.25) is 0 Å². The van der Waals surface area contributed by atoms with Crippen molar-refractivity contribution in [2.24, 2.45) is 0 Å². The fourth-order valence-corrected chi connectivity index (χ4v) is 1.79. The molecule has 0 aliphatic carbocycles. The van der Waals surface area contributed by atoms with Gasteiger partial charge in [-0.15, -0.1) is 11.3 Å². The van der Waals surface area contributed by atoms with E-state index in [1.54, 1.807) is 11.8 Å². The van der Waals surface area contributed by atoms with Crippen LogP contribution in [0.3, 0.4) is 0 Å². The summed E-state index contributed by atoms with van der Waals surface area (Å²) < 4.78 is 6.65. The van der Waals surface area contributed by atoms with Crippen LogP contribution >= 0.6 is 11.3 Å². The van der Waals surface area contributed by atoms with E-state index in [0.717, 1.165) is 10.8 Å². The number of hydrogen-bond donors (Lipinski definition) is 2. The topological polar surface area (TPSA) is 79.1 Å². The molecule has 0 amide bonds. The van der Waals surface area contributed by atoms with Gasteiger partial charge in [0.25, 0.3) is 0 Å². The Bertz CT molecular complexity index is 448. The van der Waals surface area contributed by atoms with Gasteiger partial charge >= 0.3 is 0 Å². The van der Waals surface area contributed by atoms with E-state index in [4.69, 9.17) is 16.2 Å². The number of hydrogen-bond acceptors (Lipinski definition) is 5. The highest BCUT2D eigenvalue weighted by Crippen LogP contribution is 2.27. The molecule has 14 heavy (non-hydrogen) atoms. The third kappa shape index (κ3) is 1.29. The summed E-state index contributed by atoms with van der Waals surface area (Å²) in [7, 11) is 1.62. The lowest BCUT2D eigenvalue weighted by Gasteiger charge is -1.99. The van der Waals surface area contributed by atoms with Gasteiger partial charge in [-0.2, -0.15) is 5.10 Å². The molecule has 2 aromatic rings. The zero-order valence-corrected chi connectivity index (χ0v) is 8.41. The monoisotopic (exact) mass is 210 g/mol. The Morgan fingerprint density at radius 3 is 2.79 bits per heavy atom. The normalized spacial score (nSPS) is 10.4. The van der Waals surface area contributed by atoms with E-state index in [-0.39, 0.29) is 0 Å². The molecule has 0 saturated carbocycles. The van der Waals surface area contributed by atoms with E-state index >= 15 is 0 Å². The lowest BCUT2D eigenvalue weighted by Crippen LogP contribution is -2.01. The second kappa shape index (κ2) is 3.22. The van der Waals surface area contributed by atoms with Crippen LogP contribution in [0.4, 0.5) is 11.5 Å². The van der Waals surface area contributed by atoms with Crippen molar-refractivity contribution >= 4 is 22.8 Å². The van der Waals surface area contributed by atoms with Crippen LogP contribution in [0.2, 0.25) is 0 Å². The Balaban J connectivity index is 2.44. The van der Waals surface area contributed by atoms with Gasteiger partial charge in [-0.05, 0) is 0 Å². The molecular weight excluding hydrogens is 200 g/mol. The minimum atomic E-state index is 0.449. The van der Waals surface area contributed by atoms with Crippen LogP contribution in [0.1, 0.15) is 0 Å². The molecule has 0 bridgehead atoms. The fourth-order valence-electron chi connectivity index (χ4n) is 1.10. The molecule has 5 nitrogen and oxygen atoms in total. The molecule has 0 atom stereocenters. The smallest absolute Gasteiger partial charge is 0.175 e. The summed E-state index contributed by atoms with van der Waals surface area (Å²) in [4.78, 5) is 0. The van der Waals surface area contributed by atoms with Gasteiger partial charge in [0.15, 0.2) is 10.9 Å². The van der Waals surface area contributed by atoms with Crippen LogP contribution < -0.4 is 16.2 Å². The summed E-state index contributed by atoms with van der Waals surface area (Å²) in [6, 6.07) is 1.85. The van der Waals surface area contributed by atoms with Gasteiger partial charge < -0.3 is 16.2 Å². The van der Waals surface area contributed by atoms with E-state index in [9.17, 15) is 0 Å². The summed E-state index contributed by atoms with van der Waals surface area (Å²) in [5.41, 5.74) is 12.6. The molecule has 74 valence electrons. The molecule has 0 radical (unpaired) electrons. The number of methoxy groups -OCH3 is 1. The lowest BCUT2D eigenvalue weighted by molar-refractivity contribution is 0.427. The molecular formula is C8H10N4OS. The lowest BCUT2D eigenvalue weighted by atomic mass is 10.5. The molecule has 0 aromatic carbocycles. The van der Waals surface area contributed by atoms with E-state index in [0.29, 0.717) is 11.5 Å². The number of nitrogens with zero attached hydrogens (tertiary/aromatic N) is 2. The van der Waals surface area contributed by atoms with Crippen LogP contribution in [0.5, 0.6) is 5.06 Å². The summed E-state index contributed by atoms with van der Waals surface area (Å²) >= 11 is 1.48. The molecule has 2 aromatic heterocycles. The van der Waals surface area contributed by atoms with Crippen molar-refractivity contribution in [1.29, 1.82) is 0 Å². The quantitative estimate of drug-likeness (QED) is 0.778. The summed E-state index contributed by atoms with van der Waals surface area (Å²) in [6.45, 7) is 0. The van der Waals surface area contributed by atoms with Crippen molar-refractivity contribution in [1.82, 2.24) is 9.78 Å². The molecule has 2 rings (SSSR count). The molecule has 0 aliphatic rings. The first-order valence-corrected chi connectivity index (χ1v) is 4.82. The molecule has 0 unspecified atom stereocenters. The molecule has 6 heteroatoms. The van der Waals surface area contributed by atoms with Gasteiger partial charge in [0, 0.05) is 11.4 Å². The maximum absolute atomic E-state index is 5.72. The SMILES string of the molecule is COc1cc(-n2ncc(N)c2N)cs1. The number of anilines is 2. The van der Waals surface area contributed by atoms with Crippen molar-refractivity contribution in [2.45, 2.75) is 0 Å². The number of ether oxygens (including phenoxy) is 1. The van der Waals surface area contributed by atoms with Gasteiger partial charge in [-0.1, -0.05) is 0 Å². The van der Waals surface area contributed by atoms with E-state index in [1.807, 2.05) is 11.4 Å². The van der Waals surface area contributed by atoms with Crippen LogP contribution in [0, 0.1) is 0 Å². The van der Waals surface area contributed by atoms with Crippen LogP contribution in [0.15, 0.2) is 17.6 Å². The first-order valence-electron chi connectivity index (χ1n) is 3.94. The number of thiophene rings is 1. The van der Waals surface area contributed by atoms with Gasteiger partial charge in [-0.25, -0.2) is 4.68 Å². The second-order valence-corrected chi connectivity index (χ2v) is 3.60. The largest absolute Gasteiger partial charge is 0.487 e. The maximum atomic E-state index is 5.72. The highest BCUT2D eigenvalue weighted by atomic mass is 32.1. The first-order chi connectivity index (χ1) is 6.72. The molecule has 2 heterocycles. The fraction of sp³-hybridized carbons (Fsp3) is 0.125. The minimum absolute atomic E-state index is 0.449. The van der Waals surface area contributed by atoms with Crippen LogP contribution in [-0.4, -0.2) is 16.9 Å². The number of nitrogens with two attached hydrogens (primary N) is 2. The summed E-state index contributed by atoms with van der Waals surface area (Å²) in [5, 5.41) is 6.77. The average Bonchev–Trinajstić information content (AvgIpc) is 2.75. The zero-order chi connectivity index (χ0) is 10.1. The van der Waals surface area contributed by atoms with Crippen molar-refractivity contribution in [3.05, 3.63) is 17.6 Å². The van der Waals surface area contributed by atoms with Gasteiger partial charge in [0.1, 0.15) is 0 Å². The Kier molecular flexibility index (Phi) is 2.05. The molecule has 4 N–H and O–H groups in total. The third-order valence-electron chi connectivity index (χ3n) is 1.84. The molecule has 0 aliphatic heterocycles. The van der Waals surface area contributed by atoms with E-state index in [2.05, 4.69) is 5.10 Å². The maximum Gasteiger partial charge on any atom is 0.175 e. The predicted molar refractivity (Wildman–Crippen MR) is 56.8 cm³/mol. The Labute approximate surface area is 84.9 Å².